The summed E-state index contributed by atoms with van der Waals surface area (Å²) in [7, 11) is 0. The number of carbonyl (C=O) groups excluding carboxylic acids is 1. The SMILES string of the molecule is Cc1cc(C)c(NC(=O)c2cnc(Nc3ccccn3)s2)c(C)c1. The van der Waals surface area contributed by atoms with Crippen molar-refractivity contribution in [3.8, 4) is 0 Å². The maximum Gasteiger partial charge on any atom is 0.267 e. The second-order valence-corrected chi connectivity index (χ2v) is 6.63. The van der Waals surface area contributed by atoms with Crippen LogP contribution in [0, 0.1) is 20.8 Å². The van der Waals surface area contributed by atoms with Crippen molar-refractivity contribution >= 4 is 33.9 Å². The molecule has 2 heterocycles. The number of aromatic nitrogens is 2. The van der Waals surface area contributed by atoms with Crippen molar-refractivity contribution < 1.29 is 4.79 Å². The second-order valence-electron chi connectivity index (χ2n) is 5.60. The number of carbonyl (C=O) groups is 1. The first-order valence-electron chi connectivity index (χ1n) is 7.56. The summed E-state index contributed by atoms with van der Waals surface area (Å²) < 4.78 is 0. The van der Waals surface area contributed by atoms with Crippen LogP contribution in [0.1, 0.15) is 26.4 Å². The van der Waals surface area contributed by atoms with Crippen LogP contribution in [0.15, 0.2) is 42.7 Å². The molecule has 122 valence electrons. The summed E-state index contributed by atoms with van der Waals surface area (Å²) >= 11 is 1.30. The molecule has 0 spiro atoms. The third-order valence-corrected chi connectivity index (χ3v) is 4.46. The fourth-order valence-corrected chi connectivity index (χ4v) is 3.25. The number of pyridine rings is 1. The van der Waals surface area contributed by atoms with E-state index < -0.39 is 0 Å². The summed E-state index contributed by atoms with van der Waals surface area (Å²) in [4.78, 5) is 21.5. The Morgan fingerprint density at radius 1 is 1.08 bits per heavy atom. The zero-order chi connectivity index (χ0) is 17.1. The van der Waals surface area contributed by atoms with E-state index in [1.165, 1.54) is 16.9 Å². The molecule has 3 aromatic rings. The van der Waals surface area contributed by atoms with Gasteiger partial charge >= 0.3 is 0 Å². The standard InChI is InChI=1S/C18H18N4OS/c1-11-8-12(2)16(13(3)9-11)22-17(23)14-10-20-18(24-14)21-15-6-4-5-7-19-15/h4-10H,1-3H3,(H,22,23)(H,19,20,21). The number of benzene rings is 1. The van der Waals surface area contributed by atoms with Crippen LogP contribution in [0.3, 0.4) is 0 Å². The molecule has 2 aromatic heterocycles. The topological polar surface area (TPSA) is 66.9 Å². The quantitative estimate of drug-likeness (QED) is 0.737. The summed E-state index contributed by atoms with van der Waals surface area (Å²) in [5, 5.41) is 6.71. The molecule has 0 saturated carbocycles. The van der Waals surface area contributed by atoms with E-state index in [9.17, 15) is 4.79 Å². The van der Waals surface area contributed by atoms with E-state index in [1.807, 2.05) is 39.0 Å². The van der Waals surface area contributed by atoms with Gasteiger partial charge in [-0.15, -0.1) is 0 Å². The number of hydrogen-bond donors (Lipinski definition) is 2. The van der Waals surface area contributed by atoms with E-state index in [4.69, 9.17) is 0 Å². The van der Waals surface area contributed by atoms with E-state index in [-0.39, 0.29) is 5.91 Å². The molecule has 3 rings (SSSR count). The van der Waals surface area contributed by atoms with Gasteiger partial charge in [0.05, 0.1) is 6.20 Å². The van der Waals surface area contributed by atoms with Crippen LogP contribution in [-0.2, 0) is 0 Å². The van der Waals surface area contributed by atoms with Gasteiger partial charge in [0.25, 0.3) is 5.91 Å². The van der Waals surface area contributed by atoms with Gasteiger partial charge < -0.3 is 10.6 Å². The largest absolute Gasteiger partial charge is 0.321 e. The summed E-state index contributed by atoms with van der Waals surface area (Å²) in [6.07, 6.45) is 3.27. The molecular formula is C18H18N4OS. The maximum absolute atomic E-state index is 12.5. The first kappa shape index (κ1) is 16.1. The van der Waals surface area contributed by atoms with Crippen molar-refractivity contribution in [1.82, 2.24) is 9.97 Å². The Balaban J connectivity index is 1.75. The molecule has 0 atom stereocenters. The number of hydrogen-bond acceptors (Lipinski definition) is 5. The summed E-state index contributed by atoms with van der Waals surface area (Å²) in [6, 6.07) is 9.70. The molecule has 1 aromatic carbocycles. The highest BCUT2D eigenvalue weighted by molar-refractivity contribution is 7.17. The zero-order valence-electron chi connectivity index (χ0n) is 13.8. The first-order chi connectivity index (χ1) is 11.5. The van der Waals surface area contributed by atoms with Crippen molar-refractivity contribution in [2.24, 2.45) is 0 Å². The second kappa shape index (κ2) is 6.80. The predicted molar refractivity (Wildman–Crippen MR) is 98.2 cm³/mol. The third kappa shape index (κ3) is 3.60. The van der Waals surface area contributed by atoms with Crippen LogP contribution in [0.25, 0.3) is 0 Å². The van der Waals surface area contributed by atoms with Gasteiger partial charge in [-0.1, -0.05) is 35.1 Å². The Bertz CT molecular complexity index is 851. The molecular weight excluding hydrogens is 320 g/mol. The average Bonchev–Trinajstić information content (AvgIpc) is 3.00. The number of amides is 1. The van der Waals surface area contributed by atoms with E-state index in [2.05, 4.69) is 32.7 Å². The minimum Gasteiger partial charge on any atom is -0.321 e. The Hall–Kier alpha value is -2.73. The predicted octanol–water partition coefficient (Wildman–Crippen LogP) is 4.46. The van der Waals surface area contributed by atoms with Gasteiger partial charge in [0, 0.05) is 11.9 Å². The number of nitrogens with zero attached hydrogens (tertiary/aromatic N) is 2. The normalized spacial score (nSPS) is 10.5. The lowest BCUT2D eigenvalue weighted by molar-refractivity contribution is 0.103. The third-order valence-electron chi connectivity index (χ3n) is 3.54. The smallest absolute Gasteiger partial charge is 0.267 e. The molecule has 6 heteroatoms. The van der Waals surface area contributed by atoms with E-state index >= 15 is 0 Å². The Morgan fingerprint density at radius 3 is 2.50 bits per heavy atom. The fourth-order valence-electron chi connectivity index (χ4n) is 2.54. The number of aryl methyl sites for hydroxylation is 3. The monoisotopic (exact) mass is 338 g/mol. The lowest BCUT2D eigenvalue weighted by Crippen LogP contribution is -2.12. The van der Waals surface area contributed by atoms with Crippen LogP contribution in [-0.4, -0.2) is 15.9 Å². The van der Waals surface area contributed by atoms with Crippen LogP contribution in [0.5, 0.6) is 0 Å². The Kier molecular flexibility index (Phi) is 4.57. The molecule has 0 fully saturated rings. The van der Waals surface area contributed by atoms with Crippen LogP contribution in [0.2, 0.25) is 0 Å². The molecule has 0 saturated heterocycles. The van der Waals surface area contributed by atoms with Gasteiger partial charge in [-0.25, -0.2) is 9.97 Å². The number of nitrogens with one attached hydrogen (secondary N) is 2. The molecule has 2 N–H and O–H groups in total. The number of anilines is 3. The molecule has 0 aliphatic heterocycles. The van der Waals surface area contributed by atoms with Crippen molar-refractivity contribution in [2.75, 3.05) is 10.6 Å². The van der Waals surface area contributed by atoms with Crippen LogP contribution in [0.4, 0.5) is 16.6 Å². The highest BCUT2D eigenvalue weighted by Crippen LogP contribution is 2.25. The minimum atomic E-state index is -0.156. The summed E-state index contributed by atoms with van der Waals surface area (Å²) in [6.45, 7) is 6.04. The number of thiazole rings is 1. The number of rotatable bonds is 4. The summed E-state index contributed by atoms with van der Waals surface area (Å²) in [5.41, 5.74) is 4.15. The van der Waals surface area contributed by atoms with E-state index in [0.717, 1.165) is 16.8 Å². The lowest BCUT2D eigenvalue weighted by atomic mass is 10.1. The molecule has 0 bridgehead atoms. The van der Waals surface area contributed by atoms with E-state index in [1.54, 1.807) is 12.4 Å². The molecule has 0 radical (unpaired) electrons. The van der Waals surface area contributed by atoms with Crippen LogP contribution < -0.4 is 10.6 Å². The van der Waals surface area contributed by atoms with E-state index in [0.29, 0.717) is 15.8 Å². The van der Waals surface area contributed by atoms with Gasteiger partial charge in [0.15, 0.2) is 5.13 Å². The van der Waals surface area contributed by atoms with Crippen molar-refractivity contribution in [3.05, 3.63) is 64.3 Å². The summed E-state index contributed by atoms with van der Waals surface area (Å²) in [5.74, 6) is 0.542. The van der Waals surface area contributed by atoms with Gasteiger partial charge in [-0.3, -0.25) is 4.79 Å². The van der Waals surface area contributed by atoms with Gasteiger partial charge in [-0.2, -0.15) is 0 Å². The maximum atomic E-state index is 12.5. The minimum absolute atomic E-state index is 0.156. The van der Waals surface area contributed by atoms with Gasteiger partial charge in [0.2, 0.25) is 0 Å². The molecule has 0 aliphatic carbocycles. The van der Waals surface area contributed by atoms with Gasteiger partial charge in [-0.05, 0) is 44.0 Å². The van der Waals surface area contributed by atoms with Crippen molar-refractivity contribution in [2.45, 2.75) is 20.8 Å². The lowest BCUT2D eigenvalue weighted by Gasteiger charge is -2.12. The average molecular weight is 338 g/mol. The zero-order valence-corrected chi connectivity index (χ0v) is 14.6. The van der Waals surface area contributed by atoms with Crippen molar-refractivity contribution in [1.29, 1.82) is 0 Å². The first-order valence-corrected chi connectivity index (χ1v) is 8.37. The van der Waals surface area contributed by atoms with Crippen molar-refractivity contribution in [3.63, 3.8) is 0 Å². The Morgan fingerprint density at radius 2 is 1.83 bits per heavy atom. The molecule has 0 unspecified atom stereocenters. The fraction of sp³-hybridized carbons (Fsp3) is 0.167. The van der Waals surface area contributed by atoms with Crippen LogP contribution >= 0.6 is 11.3 Å². The molecule has 0 aliphatic rings. The van der Waals surface area contributed by atoms with Gasteiger partial charge in [0.1, 0.15) is 10.7 Å². The Labute approximate surface area is 144 Å². The molecule has 1 amide bonds. The highest BCUT2D eigenvalue weighted by atomic mass is 32.1. The molecule has 24 heavy (non-hydrogen) atoms. The highest BCUT2D eigenvalue weighted by Gasteiger charge is 2.14. The molecule has 5 nitrogen and oxygen atoms in total.